The summed E-state index contributed by atoms with van der Waals surface area (Å²) in [5, 5.41) is 12.9. The average molecular weight is 497 g/mol. The van der Waals surface area contributed by atoms with Gasteiger partial charge in [-0.05, 0) is 60.6 Å². The lowest BCUT2D eigenvalue weighted by atomic mass is 9.63. The van der Waals surface area contributed by atoms with Crippen LogP contribution in [0.15, 0.2) is 35.7 Å². The standard InChI is InChI=1S/C28H38N2O2S.C2H6/c1-6-7-21(17-31)26(32)30-14-10-19(11-15-30)25-29-24(18-33-25)20-8-9-22-23(16-20)28(4,5)13-12-27(22,2)3;1-2/h6-9,16,18-19,21,31H,10-15,17H2,1-5H3;1-2H3/b7-6-;/t21-;/m0./s1. The van der Waals surface area contributed by atoms with Crippen molar-refractivity contribution >= 4 is 17.2 Å². The van der Waals surface area contributed by atoms with Gasteiger partial charge >= 0.3 is 0 Å². The summed E-state index contributed by atoms with van der Waals surface area (Å²) in [6.45, 7) is 16.7. The lowest BCUT2D eigenvalue weighted by Gasteiger charge is -2.42. The van der Waals surface area contributed by atoms with Crippen LogP contribution >= 0.6 is 11.3 Å². The maximum absolute atomic E-state index is 12.7. The minimum Gasteiger partial charge on any atom is -0.395 e. The highest BCUT2D eigenvalue weighted by molar-refractivity contribution is 7.10. The van der Waals surface area contributed by atoms with Gasteiger partial charge in [0.2, 0.25) is 5.91 Å². The van der Waals surface area contributed by atoms with Crippen LogP contribution in [-0.2, 0) is 15.6 Å². The number of carbonyl (C=O) groups is 1. The fourth-order valence-corrected chi connectivity index (χ4v) is 6.39. The third kappa shape index (κ3) is 5.89. The lowest BCUT2D eigenvalue weighted by Crippen LogP contribution is -2.41. The van der Waals surface area contributed by atoms with Crippen molar-refractivity contribution in [3.05, 3.63) is 51.9 Å². The number of nitrogens with zero attached hydrogens (tertiary/aromatic N) is 2. The molecule has 4 rings (SSSR count). The summed E-state index contributed by atoms with van der Waals surface area (Å²) in [6, 6.07) is 6.96. The number of hydrogen-bond acceptors (Lipinski definition) is 4. The van der Waals surface area contributed by atoms with Gasteiger partial charge in [0.15, 0.2) is 0 Å². The second-order valence-electron chi connectivity index (χ2n) is 11.0. The van der Waals surface area contributed by atoms with Crippen molar-refractivity contribution in [3.8, 4) is 11.3 Å². The quantitative estimate of drug-likeness (QED) is 0.450. The average Bonchev–Trinajstić information content (AvgIpc) is 3.36. The number of aromatic nitrogens is 1. The van der Waals surface area contributed by atoms with Crippen LogP contribution in [0.3, 0.4) is 0 Å². The summed E-state index contributed by atoms with van der Waals surface area (Å²) in [6.07, 6.45) is 7.92. The van der Waals surface area contributed by atoms with Gasteiger partial charge in [0, 0.05) is 30.0 Å². The molecule has 1 N–H and O–H groups in total. The molecule has 1 saturated heterocycles. The number of rotatable bonds is 5. The zero-order valence-corrected chi connectivity index (χ0v) is 23.5. The third-order valence-corrected chi connectivity index (χ3v) is 8.77. The molecule has 1 fully saturated rings. The zero-order valence-electron chi connectivity index (χ0n) is 22.7. The topological polar surface area (TPSA) is 53.4 Å². The summed E-state index contributed by atoms with van der Waals surface area (Å²) >= 11 is 1.75. The molecule has 35 heavy (non-hydrogen) atoms. The van der Waals surface area contributed by atoms with E-state index in [1.54, 1.807) is 17.4 Å². The van der Waals surface area contributed by atoms with Crippen LogP contribution in [0.1, 0.15) is 96.2 Å². The number of aliphatic hydroxyl groups is 1. The summed E-state index contributed by atoms with van der Waals surface area (Å²) in [7, 11) is 0. The van der Waals surface area contributed by atoms with Crippen molar-refractivity contribution in [1.29, 1.82) is 0 Å². The Balaban J connectivity index is 0.00000167. The van der Waals surface area contributed by atoms with Gasteiger partial charge < -0.3 is 10.0 Å². The van der Waals surface area contributed by atoms with Crippen LogP contribution in [0, 0.1) is 5.92 Å². The smallest absolute Gasteiger partial charge is 0.231 e. The molecule has 0 unspecified atom stereocenters. The Kier molecular flexibility index (Phi) is 8.98. The maximum atomic E-state index is 12.7. The number of aliphatic hydroxyl groups excluding tert-OH is 1. The molecule has 1 aromatic carbocycles. The molecule has 4 nitrogen and oxygen atoms in total. The Bertz CT molecular complexity index is 1030. The van der Waals surface area contributed by atoms with Crippen LogP contribution < -0.4 is 0 Å². The number of benzene rings is 1. The molecule has 0 saturated carbocycles. The number of fused-ring (bicyclic) bond motifs is 1. The van der Waals surface area contributed by atoms with Gasteiger partial charge in [-0.2, -0.15) is 0 Å². The van der Waals surface area contributed by atoms with Crippen LogP contribution in [0.4, 0.5) is 0 Å². The van der Waals surface area contributed by atoms with Crippen molar-refractivity contribution in [3.63, 3.8) is 0 Å². The number of carbonyl (C=O) groups excluding carboxylic acids is 1. The molecule has 1 aliphatic carbocycles. The van der Waals surface area contributed by atoms with Crippen LogP contribution in [0.5, 0.6) is 0 Å². The predicted octanol–water partition coefficient (Wildman–Crippen LogP) is 7.08. The lowest BCUT2D eigenvalue weighted by molar-refractivity contribution is -0.136. The van der Waals surface area contributed by atoms with E-state index < -0.39 is 5.92 Å². The molecule has 2 aromatic rings. The molecule has 2 aliphatic rings. The van der Waals surface area contributed by atoms with Crippen LogP contribution in [0.2, 0.25) is 0 Å². The number of thiazole rings is 1. The first-order valence-corrected chi connectivity index (χ1v) is 14.2. The van der Waals surface area contributed by atoms with Gasteiger partial charge in [0.05, 0.1) is 23.2 Å². The fraction of sp³-hybridized carbons (Fsp3) is 0.600. The zero-order chi connectivity index (χ0) is 25.8. The third-order valence-electron chi connectivity index (χ3n) is 7.77. The van der Waals surface area contributed by atoms with Crippen molar-refractivity contribution in [2.45, 2.75) is 90.9 Å². The highest BCUT2D eigenvalue weighted by atomic mass is 32.1. The number of piperidine rings is 1. The number of likely N-dealkylation sites (tertiary alicyclic amines) is 1. The second-order valence-corrected chi connectivity index (χ2v) is 11.9. The number of amides is 1. The predicted molar refractivity (Wildman–Crippen MR) is 148 cm³/mol. The Morgan fingerprint density at radius 3 is 2.37 bits per heavy atom. The van der Waals surface area contributed by atoms with E-state index in [2.05, 4.69) is 51.3 Å². The molecule has 0 spiro atoms. The minimum atomic E-state index is -0.420. The molecule has 192 valence electrons. The van der Waals surface area contributed by atoms with Gasteiger partial charge in [0.1, 0.15) is 0 Å². The van der Waals surface area contributed by atoms with E-state index >= 15 is 0 Å². The Morgan fingerprint density at radius 2 is 1.77 bits per heavy atom. The van der Waals surface area contributed by atoms with Gasteiger partial charge in [-0.25, -0.2) is 4.98 Å². The molecule has 1 aromatic heterocycles. The van der Waals surface area contributed by atoms with E-state index in [0.717, 1.165) is 31.6 Å². The van der Waals surface area contributed by atoms with Crippen molar-refractivity contribution in [2.24, 2.45) is 5.92 Å². The first kappa shape index (κ1) is 27.6. The van der Waals surface area contributed by atoms with Crippen LogP contribution in [-0.4, -0.2) is 40.6 Å². The molecule has 0 radical (unpaired) electrons. The Labute approximate surface area is 216 Å². The monoisotopic (exact) mass is 496 g/mol. The highest BCUT2D eigenvalue weighted by Gasteiger charge is 2.37. The molecule has 2 heterocycles. The van der Waals surface area contributed by atoms with Crippen LogP contribution in [0.25, 0.3) is 11.3 Å². The molecule has 1 amide bonds. The Hall–Kier alpha value is -1.98. The van der Waals surface area contributed by atoms with E-state index in [9.17, 15) is 9.90 Å². The second kappa shape index (κ2) is 11.4. The normalized spacial score (nSPS) is 20.2. The molecular formula is C30H44N2O2S. The number of allylic oxidation sites excluding steroid dienone is 1. The summed E-state index contributed by atoms with van der Waals surface area (Å²) in [5.41, 5.74) is 5.66. The van der Waals surface area contributed by atoms with E-state index in [1.807, 2.05) is 31.7 Å². The van der Waals surface area contributed by atoms with Gasteiger partial charge in [-0.1, -0.05) is 65.8 Å². The van der Waals surface area contributed by atoms with E-state index in [1.165, 1.54) is 34.5 Å². The maximum Gasteiger partial charge on any atom is 0.231 e. The number of hydrogen-bond donors (Lipinski definition) is 1. The largest absolute Gasteiger partial charge is 0.395 e. The van der Waals surface area contributed by atoms with Crippen molar-refractivity contribution < 1.29 is 9.90 Å². The molecule has 0 bridgehead atoms. The highest BCUT2D eigenvalue weighted by Crippen LogP contribution is 2.47. The van der Waals surface area contributed by atoms with Crippen molar-refractivity contribution in [1.82, 2.24) is 9.88 Å². The Morgan fingerprint density at radius 1 is 1.14 bits per heavy atom. The molecular weight excluding hydrogens is 452 g/mol. The van der Waals surface area contributed by atoms with E-state index in [0.29, 0.717) is 5.92 Å². The fourth-order valence-electron chi connectivity index (χ4n) is 5.39. The van der Waals surface area contributed by atoms with Gasteiger partial charge in [-0.3, -0.25) is 4.79 Å². The molecule has 1 atom stereocenters. The first-order chi connectivity index (χ1) is 16.7. The van der Waals surface area contributed by atoms with E-state index in [-0.39, 0.29) is 23.3 Å². The van der Waals surface area contributed by atoms with Gasteiger partial charge in [-0.15, -0.1) is 11.3 Å². The van der Waals surface area contributed by atoms with E-state index in [4.69, 9.17) is 4.98 Å². The first-order valence-electron chi connectivity index (χ1n) is 13.3. The summed E-state index contributed by atoms with van der Waals surface area (Å²) in [4.78, 5) is 19.6. The van der Waals surface area contributed by atoms with Crippen molar-refractivity contribution in [2.75, 3.05) is 19.7 Å². The minimum absolute atomic E-state index is 0.0356. The molecule has 1 aliphatic heterocycles. The molecule has 5 heteroatoms. The summed E-state index contributed by atoms with van der Waals surface area (Å²) < 4.78 is 0. The summed E-state index contributed by atoms with van der Waals surface area (Å²) in [5.74, 6) is 0.0137. The van der Waals surface area contributed by atoms with Gasteiger partial charge in [0.25, 0.3) is 0 Å². The SMILES string of the molecule is C/C=C\[C@@H](CO)C(=O)N1CCC(c2nc(-c3ccc4c(c3)C(C)(C)CCC4(C)C)cs2)CC1.CC.